The second-order valence-electron chi connectivity index (χ2n) is 5.29. The Bertz CT molecular complexity index is 510. The number of rotatable bonds is 3. The number of ether oxygens (including phenoxy) is 2. The number of benzene rings is 1. The zero-order valence-electron chi connectivity index (χ0n) is 11.0. The molecular weight excluding hydrogens is 266 g/mol. The van der Waals surface area contributed by atoms with Crippen molar-refractivity contribution >= 4 is 6.29 Å². The van der Waals surface area contributed by atoms with E-state index in [2.05, 4.69) is 0 Å². The van der Waals surface area contributed by atoms with Gasteiger partial charge in [-0.15, -0.1) is 0 Å². The summed E-state index contributed by atoms with van der Waals surface area (Å²) in [7, 11) is 0. The number of fused-ring (bicyclic) bond motifs is 1. The lowest BCUT2D eigenvalue weighted by molar-refractivity contribution is -0.236. The van der Waals surface area contributed by atoms with E-state index in [0.29, 0.717) is 30.4 Å². The van der Waals surface area contributed by atoms with Crippen LogP contribution in [0.2, 0.25) is 0 Å². The van der Waals surface area contributed by atoms with Gasteiger partial charge in [0.2, 0.25) is 0 Å². The van der Waals surface area contributed by atoms with Crippen molar-refractivity contribution in [2.75, 3.05) is 6.61 Å². The highest BCUT2D eigenvalue weighted by Gasteiger charge is 2.50. The van der Waals surface area contributed by atoms with Crippen LogP contribution in [0.3, 0.4) is 0 Å². The maximum atomic E-state index is 14.2. The van der Waals surface area contributed by atoms with Gasteiger partial charge in [0.05, 0.1) is 0 Å². The van der Waals surface area contributed by atoms with Gasteiger partial charge in [0.1, 0.15) is 6.29 Å². The Labute approximate surface area is 115 Å². The van der Waals surface area contributed by atoms with Crippen LogP contribution < -0.4 is 0 Å². The maximum Gasteiger partial charge on any atom is 0.281 e. The van der Waals surface area contributed by atoms with E-state index in [0.717, 1.165) is 12.8 Å². The van der Waals surface area contributed by atoms with Crippen molar-refractivity contribution in [3.63, 3.8) is 0 Å². The lowest BCUT2D eigenvalue weighted by Crippen LogP contribution is -2.32. The molecule has 2 aliphatic rings. The second-order valence-corrected chi connectivity index (χ2v) is 5.29. The van der Waals surface area contributed by atoms with Gasteiger partial charge in [0.15, 0.2) is 12.4 Å². The van der Waals surface area contributed by atoms with Crippen molar-refractivity contribution in [3.8, 4) is 0 Å². The van der Waals surface area contributed by atoms with Gasteiger partial charge >= 0.3 is 0 Å². The number of carbonyl (C=O) groups is 1. The molecule has 0 saturated carbocycles. The summed E-state index contributed by atoms with van der Waals surface area (Å²) in [4.78, 5) is 11.1. The largest absolute Gasteiger partial charge is 0.353 e. The first-order chi connectivity index (χ1) is 9.62. The maximum absolute atomic E-state index is 14.2. The monoisotopic (exact) mass is 282 g/mol. The van der Waals surface area contributed by atoms with E-state index in [1.54, 1.807) is 18.2 Å². The third-order valence-corrected chi connectivity index (χ3v) is 3.85. The summed E-state index contributed by atoms with van der Waals surface area (Å²) in [5, 5.41) is 0. The molecule has 108 valence electrons. The van der Waals surface area contributed by atoms with Gasteiger partial charge in [0, 0.05) is 24.2 Å². The highest BCUT2D eigenvalue weighted by atomic mass is 19.3. The van der Waals surface area contributed by atoms with E-state index >= 15 is 0 Å². The van der Waals surface area contributed by atoms with Crippen molar-refractivity contribution in [1.29, 1.82) is 0 Å². The van der Waals surface area contributed by atoms with E-state index in [1.165, 1.54) is 0 Å². The third kappa shape index (κ3) is 2.36. The minimum atomic E-state index is -3.00. The Kier molecular flexibility index (Phi) is 3.56. The van der Waals surface area contributed by atoms with Crippen LogP contribution in [0.25, 0.3) is 0 Å². The zero-order chi connectivity index (χ0) is 14.2. The normalized spacial score (nSPS) is 28.1. The average Bonchev–Trinajstić information content (AvgIpc) is 2.70. The topological polar surface area (TPSA) is 35.5 Å². The molecule has 0 bridgehead atoms. The smallest absolute Gasteiger partial charge is 0.281 e. The molecule has 0 aromatic heterocycles. The highest BCUT2D eigenvalue weighted by molar-refractivity contribution is 5.79. The molecule has 20 heavy (non-hydrogen) atoms. The lowest BCUT2D eigenvalue weighted by Gasteiger charge is -2.29. The molecule has 2 atom stereocenters. The van der Waals surface area contributed by atoms with Crippen LogP contribution in [0.5, 0.6) is 0 Å². The van der Waals surface area contributed by atoms with Gasteiger partial charge in [-0.25, -0.2) is 8.78 Å². The molecule has 5 heteroatoms. The number of halogens is 2. The fourth-order valence-corrected chi connectivity index (χ4v) is 2.91. The Morgan fingerprint density at radius 1 is 1.35 bits per heavy atom. The van der Waals surface area contributed by atoms with Crippen LogP contribution in [0, 0.1) is 0 Å². The Morgan fingerprint density at radius 2 is 2.20 bits per heavy atom. The van der Waals surface area contributed by atoms with Crippen molar-refractivity contribution in [2.45, 2.75) is 44.0 Å². The van der Waals surface area contributed by atoms with Crippen molar-refractivity contribution in [1.82, 2.24) is 0 Å². The molecule has 1 aliphatic carbocycles. The van der Waals surface area contributed by atoms with Crippen LogP contribution in [0.1, 0.15) is 46.9 Å². The number of hydrogen-bond acceptors (Lipinski definition) is 3. The molecule has 1 aromatic carbocycles. The highest BCUT2D eigenvalue weighted by Crippen LogP contribution is 2.47. The zero-order valence-corrected chi connectivity index (χ0v) is 11.0. The molecule has 1 aromatic rings. The van der Waals surface area contributed by atoms with Gasteiger partial charge in [-0.1, -0.05) is 18.2 Å². The second kappa shape index (κ2) is 5.22. The van der Waals surface area contributed by atoms with E-state index in [-0.39, 0.29) is 12.0 Å². The molecule has 3 rings (SSSR count). The van der Waals surface area contributed by atoms with Crippen LogP contribution in [-0.2, 0) is 15.9 Å². The molecule has 0 spiro atoms. The van der Waals surface area contributed by atoms with E-state index in [1.807, 2.05) is 0 Å². The minimum Gasteiger partial charge on any atom is -0.353 e. The van der Waals surface area contributed by atoms with Gasteiger partial charge in [-0.2, -0.15) is 0 Å². The molecule has 1 fully saturated rings. The molecule has 0 amide bonds. The summed E-state index contributed by atoms with van der Waals surface area (Å²) in [6, 6.07) is 4.80. The fourth-order valence-electron chi connectivity index (χ4n) is 2.91. The van der Waals surface area contributed by atoms with Crippen molar-refractivity contribution < 1.29 is 23.0 Å². The molecular formula is C15H16F2O3. The van der Waals surface area contributed by atoms with E-state index in [4.69, 9.17) is 9.47 Å². The molecule has 1 heterocycles. The Morgan fingerprint density at radius 3 is 2.90 bits per heavy atom. The molecule has 1 saturated heterocycles. The molecule has 0 radical (unpaired) electrons. The molecule has 1 aliphatic heterocycles. The summed E-state index contributed by atoms with van der Waals surface area (Å²) in [6.07, 6.45) is 0.680. The first-order valence-corrected chi connectivity index (χ1v) is 6.83. The Balaban J connectivity index is 1.91. The standard InChI is InChI=1S/C15H16F2O3/c16-15(17)8-10-4-3-5-11(9-18)13(10)14(15)20-12-6-1-2-7-19-12/h3-5,9,12,14H,1-2,6-8H2. The summed E-state index contributed by atoms with van der Waals surface area (Å²) < 4.78 is 39.2. The summed E-state index contributed by atoms with van der Waals surface area (Å²) >= 11 is 0. The predicted octanol–water partition coefficient (Wildman–Crippen LogP) is 3.27. The summed E-state index contributed by atoms with van der Waals surface area (Å²) in [5.41, 5.74) is 1.09. The quantitative estimate of drug-likeness (QED) is 0.798. The predicted molar refractivity (Wildman–Crippen MR) is 67.9 cm³/mol. The number of aldehydes is 1. The van der Waals surface area contributed by atoms with Crippen LogP contribution >= 0.6 is 0 Å². The summed E-state index contributed by atoms with van der Waals surface area (Å²) in [5.74, 6) is -3.00. The van der Waals surface area contributed by atoms with Crippen molar-refractivity contribution in [2.24, 2.45) is 0 Å². The van der Waals surface area contributed by atoms with Crippen LogP contribution in [-0.4, -0.2) is 25.1 Å². The lowest BCUT2D eigenvalue weighted by atomic mass is 10.0. The van der Waals surface area contributed by atoms with E-state index < -0.39 is 18.3 Å². The summed E-state index contributed by atoms with van der Waals surface area (Å²) in [6.45, 7) is 0.533. The van der Waals surface area contributed by atoms with E-state index in [9.17, 15) is 13.6 Å². The van der Waals surface area contributed by atoms with Crippen molar-refractivity contribution in [3.05, 3.63) is 34.9 Å². The van der Waals surface area contributed by atoms with Crippen LogP contribution in [0.15, 0.2) is 18.2 Å². The van der Waals surface area contributed by atoms with Gasteiger partial charge in [0.25, 0.3) is 5.92 Å². The SMILES string of the molecule is O=Cc1cccc2c1C(OC1CCCCO1)C(F)(F)C2. The van der Waals surface area contributed by atoms with Gasteiger partial charge in [-0.3, -0.25) is 4.79 Å². The first-order valence-electron chi connectivity index (χ1n) is 6.83. The third-order valence-electron chi connectivity index (χ3n) is 3.85. The molecule has 3 nitrogen and oxygen atoms in total. The van der Waals surface area contributed by atoms with Crippen LogP contribution in [0.4, 0.5) is 8.78 Å². The first kappa shape index (κ1) is 13.6. The van der Waals surface area contributed by atoms with Gasteiger partial charge < -0.3 is 9.47 Å². The molecule has 2 unspecified atom stereocenters. The molecule has 0 N–H and O–H groups in total. The number of alkyl halides is 2. The minimum absolute atomic E-state index is 0.278. The number of hydrogen-bond donors (Lipinski definition) is 0. The average molecular weight is 282 g/mol. The van der Waals surface area contributed by atoms with Gasteiger partial charge in [-0.05, 0) is 24.8 Å². The fraction of sp³-hybridized carbons (Fsp3) is 0.533. The Hall–Kier alpha value is -1.33. The number of carbonyl (C=O) groups excluding carboxylic acids is 1.